The topological polar surface area (TPSA) is 41.0 Å². The molecule has 0 aliphatic carbocycles. The highest BCUT2D eigenvalue weighted by Crippen LogP contribution is 2.42. The quantitative estimate of drug-likeness (QED) is 0.368. The molecule has 0 radical (unpaired) electrons. The maximum atomic E-state index is 14.9. The molecule has 1 unspecified atom stereocenters. The molecule has 31 heavy (non-hydrogen) atoms. The van der Waals surface area contributed by atoms with Gasteiger partial charge < -0.3 is 10.2 Å². The van der Waals surface area contributed by atoms with Crippen molar-refractivity contribution in [1.82, 2.24) is 14.9 Å². The summed E-state index contributed by atoms with van der Waals surface area (Å²) < 4.78 is 44.7. The van der Waals surface area contributed by atoms with Crippen LogP contribution in [-0.4, -0.2) is 34.0 Å². The Labute approximate surface area is 185 Å². The standard InChI is InChI=1S/C22H21F3N4S2/c1-3-29-6-4-5-12(11(29)2)16-7-13-19(15(24)9-26-22(13)31-16)28-20-14(23)8-17-21(18(20)25)27-10-30-17/h7-12H,3-6H2,1-2H3,(H,26,28)/t11-,12?/m0/s1. The number of piperidine rings is 1. The summed E-state index contributed by atoms with van der Waals surface area (Å²) in [5.41, 5.74) is 1.16. The van der Waals surface area contributed by atoms with Crippen LogP contribution in [0.1, 0.15) is 37.5 Å². The molecule has 5 rings (SSSR count). The summed E-state index contributed by atoms with van der Waals surface area (Å²) >= 11 is 2.68. The summed E-state index contributed by atoms with van der Waals surface area (Å²) in [6.07, 6.45) is 3.26. The number of halogens is 3. The van der Waals surface area contributed by atoms with Gasteiger partial charge in [0.1, 0.15) is 16.0 Å². The van der Waals surface area contributed by atoms with Crippen LogP contribution in [0.2, 0.25) is 0 Å². The predicted octanol–water partition coefficient (Wildman–Crippen LogP) is 6.65. The molecule has 1 aromatic carbocycles. The largest absolute Gasteiger partial charge is 0.348 e. The van der Waals surface area contributed by atoms with Crippen molar-refractivity contribution in [2.45, 2.75) is 38.6 Å². The normalized spacial score (nSPS) is 20.0. The van der Waals surface area contributed by atoms with Crippen LogP contribution in [0.5, 0.6) is 0 Å². The van der Waals surface area contributed by atoms with Crippen LogP contribution in [0.25, 0.3) is 20.4 Å². The number of thiophene rings is 1. The maximum absolute atomic E-state index is 14.9. The molecular formula is C22H21F3N4S2. The van der Waals surface area contributed by atoms with E-state index in [1.807, 2.05) is 6.07 Å². The molecular weight excluding hydrogens is 441 g/mol. The fourth-order valence-electron chi connectivity index (χ4n) is 4.51. The van der Waals surface area contributed by atoms with Gasteiger partial charge in [-0.05, 0) is 45.0 Å². The van der Waals surface area contributed by atoms with Crippen LogP contribution < -0.4 is 5.32 Å². The monoisotopic (exact) mass is 462 g/mol. The van der Waals surface area contributed by atoms with Gasteiger partial charge in [-0.3, -0.25) is 0 Å². The van der Waals surface area contributed by atoms with Crippen molar-refractivity contribution in [2.75, 3.05) is 18.4 Å². The van der Waals surface area contributed by atoms with Crippen molar-refractivity contribution >= 4 is 54.5 Å². The molecule has 4 nitrogen and oxygen atoms in total. The number of nitrogens with one attached hydrogen (secondary N) is 1. The zero-order chi connectivity index (χ0) is 21.7. The molecule has 3 aromatic heterocycles. The Morgan fingerprint density at radius 1 is 1.16 bits per heavy atom. The molecule has 1 aliphatic heterocycles. The minimum Gasteiger partial charge on any atom is -0.348 e. The Balaban J connectivity index is 1.58. The lowest BCUT2D eigenvalue weighted by molar-refractivity contribution is 0.148. The summed E-state index contributed by atoms with van der Waals surface area (Å²) in [4.78, 5) is 12.4. The van der Waals surface area contributed by atoms with Crippen molar-refractivity contribution < 1.29 is 13.2 Å². The lowest BCUT2D eigenvalue weighted by Gasteiger charge is -2.38. The van der Waals surface area contributed by atoms with E-state index in [2.05, 4.69) is 34.0 Å². The van der Waals surface area contributed by atoms with Crippen molar-refractivity contribution in [3.05, 3.63) is 46.2 Å². The Hall–Kier alpha value is -2.23. The van der Waals surface area contributed by atoms with Gasteiger partial charge in [0, 0.05) is 22.2 Å². The number of anilines is 2. The number of hydrogen-bond donors (Lipinski definition) is 1. The van der Waals surface area contributed by atoms with E-state index in [-0.39, 0.29) is 11.2 Å². The van der Waals surface area contributed by atoms with Gasteiger partial charge in [-0.1, -0.05) is 6.92 Å². The number of thiazole rings is 1. The van der Waals surface area contributed by atoms with Crippen molar-refractivity contribution in [2.24, 2.45) is 0 Å². The van der Waals surface area contributed by atoms with Gasteiger partial charge in [0.05, 0.1) is 22.1 Å². The van der Waals surface area contributed by atoms with Gasteiger partial charge in [0.15, 0.2) is 17.5 Å². The first-order valence-electron chi connectivity index (χ1n) is 10.3. The van der Waals surface area contributed by atoms with E-state index in [9.17, 15) is 13.2 Å². The zero-order valence-corrected chi connectivity index (χ0v) is 18.7. The SMILES string of the molecule is CCN1CCCC(c2cc3c(Nc4c(F)cc5scnc5c4F)c(F)cnc3s2)[C@@H]1C. The van der Waals surface area contributed by atoms with E-state index < -0.39 is 23.1 Å². The van der Waals surface area contributed by atoms with Crippen molar-refractivity contribution in [1.29, 1.82) is 0 Å². The number of hydrogen-bond acceptors (Lipinski definition) is 6. The number of likely N-dealkylation sites (tertiary alicyclic amines) is 1. The summed E-state index contributed by atoms with van der Waals surface area (Å²) in [5.74, 6) is -1.94. The summed E-state index contributed by atoms with van der Waals surface area (Å²) in [5, 5.41) is 3.22. The smallest absolute Gasteiger partial charge is 0.176 e. The first-order valence-corrected chi connectivity index (χ1v) is 12.0. The lowest BCUT2D eigenvalue weighted by Crippen LogP contribution is -2.41. The Morgan fingerprint density at radius 3 is 2.81 bits per heavy atom. The van der Waals surface area contributed by atoms with E-state index >= 15 is 0 Å². The van der Waals surface area contributed by atoms with Crippen LogP contribution in [0, 0.1) is 17.5 Å². The first-order chi connectivity index (χ1) is 15.0. The molecule has 0 saturated carbocycles. The van der Waals surface area contributed by atoms with Crippen LogP contribution in [0.3, 0.4) is 0 Å². The number of pyridine rings is 1. The molecule has 1 N–H and O–H groups in total. The molecule has 4 heterocycles. The summed E-state index contributed by atoms with van der Waals surface area (Å²) in [6, 6.07) is 3.52. The highest BCUT2D eigenvalue weighted by atomic mass is 32.1. The predicted molar refractivity (Wildman–Crippen MR) is 121 cm³/mol. The second-order valence-corrected chi connectivity index (χ2v) is 9.79. The van der Waals surface area contributed by atoms with Gasteiger partial charge in [-0.15, -0.1) is 22.7 Å². The third kappa shape index (κ3) is 3.48. The van der Waals surface area contributed by atoms with E-state index in [4.69, 9.17) is 0 Å². The molecule has 162 valence electrons. The zero-order valence-electron chi connectivity index (χ0n) is 17.1. The van der Waals surface area contributed by atoms with Crippen LogP contribution in [0.15, 0.2) is 23.8 Å². The lowest BCUT2D eigenvalue weighted by atomic mass is 9.89. The second-order valence-electron chi connectivity index (χ2n) is 7.84. The summed E-state index contributed by atoms with van der Waals surface area (Å²) in [7, 11) is 0. The molecule has 1 saturated heterocycles. The van der Waals surface area contributed by atoms with Crippen LogP contribution in [0.4, 0.5) is 24.5 Å². The highest BCUT2D eigenvalue weighted by molar-refractivity contribution is 7.18. The highest BCUT2D eigenvalue weighted by Gasteiger charge is 2.30. The van der Waals surface area contributed by atoms with Gasteiger partial charge in [-0.2, -0.15) is 0 Å². The first kappa shape index (κ1) is 20.7. The van der Waals surface area contributed by atoms with E-state index in [0.29, 0.717) is 26.9 Å². The minimum absolute atomic E-state index is 0.0377. The Bertz CT molecular complexity index is 1270. The van der Waals surface area contributed by atoms with Gasteiger partial charge in [0.2, 0.25) is 0 Å². The fourth-order valence-corrected chi connectivity index (χ4v) is 6.45. The molecule has 1 aliphatic rings. The van der Waals surface area contributed by atoms with Gasteiger partial charge in [0.25, 0.3) is 0 Å². The van der Waals surface area contributed by atoms with Crippen LogP contribution >= 0.6 is 22.7 Å². The average molecular weight is 463 g/mol. The average Bonchev–Trinajstić information content (AvgIpc) is 3.39. The summed E-state index contributed by atoms with van der Waals surface area (Å²) in [6.45, 7) is 6.44. The fraction of sp³-hybridized carbons (Fsp3) is 0.364. The van der Waals surface area contributed by atoms with Crippen molar-refractivity contribution in [3.63, 3.8) is 0 Å². The second kappa shape index (κ2) is 8.03. The number of rotatable bonds is 4. The Morgan fingerprint density at radius 2 is 2.00 bits per heavy atom. The van der Waals surface area contributed by atoms with E-state index in [1.54, 1.807) is 0 Å². The molecule has 1 fully saturated rings. The number of fused-ring (bicyclic) bond motifs is 2. The van der Waals surface area contributed by atoms with E-state index in [1.165, 1.54) is 22.9 Å². The number of benzene rings is 1. The molecule has 4 aromatic rings. The van der Waals surface area contributed by atoms with E-state index in [0.717, 1.165) is 48.3 Å². The van der Waals surface area contributed by atoms with Gasteiger partial charge in [-0.25, -0.2) is 23.1 Å². The molecule has 9 heteroatoms. The molecule has 0 spiro atoms. The van der Waals surface area contributed by atoms with Crippen molar-refractivity contribution in [3.8, 4) is 0 Å². The number of likely N-dealkylation sites (N-methyl/N-ethyl adjacent to an activating group) is 1. The van der Waals surface area contributed by atoms with Crippen LogP contribution in [-0.2, 0) is 0 Å². The minimum atomic E-state index is -0.824. The number of aromatic nitrogens is 2. The third-order valence-corrected chi connectivity index (χ3v) is 8.15. The third-order valence-electron chi connectivity index (χ3n) is 6.19. The molecule has 2 atom stereocenters. The Kier molecular flexibility index (Phi) is 5.35. The maximum Gasteiger partial charge on any atom is 0.176 e. The molecule has 0 amide bonds. The molecule has 0 bridgehead atoms. The number of nitrogens with zero attached hydrogens (tertiary/aromatic N) is 3. The van der Waals surface area contributed by atoms with Gasteiger partial charge >= 0.3 is 0 Å².